The lowest BCUT2D eigenvalue weighted by molar-refractivity contribution is -0.139. The molecule has 0 spiro atoms. The van der Waals surface area contributed by atoms with Crippen LogP contribution in [0.25, 0.3) is 0 Å². The molecule has 1 heterocycles. The highest BCUT2D eigenvalue weighted by molar-refractivity contribution is 7.81. The first-order valence-corrected chi connectivity index (χ1v) is 30.0. The fourth-order valence-electron chi connectivity index (χ4n) is 8.09. The Balaban J connectivity index is 0.00000207. The Morgan fingerprint density at radius 2 is 1.29 bits per heavy atom. The third kappa shape index (κ3) is 37.0. The molecule has 4 unspecified atom stereocenters. The molecule has 1 saturated heterocycles. The standard InChI is InChI=1S/C38H55BFN6O9S.C11H23NO2.C5H10O2.C3H6O2/c1-4-22-45(23-5-2)26-35(48)41-21-7-6-9-32(44-34(47)20-15-28-13-18-31(19-14-28)55-56(40,53)54)37(50)42-25-29-11-16-30(17-12-29)36(49)43-27(3)38(51)46-24-8-10-33(46)39-52;1-4-7-12(9-11(13)14)8-6-10(3)5-2;1-2-3-4-5(6)7;1-2-3(4)5/h11-14,16-19,27,32-33,52H,4-10,15,20-26H2,1-3H3,(H,41,48)(H,42,50)(H,43,49)(H,44,47);10H,4-9H2,1-3H3,(H,13,14);2-4H2,1H3,(H,6,7);2H2,1H3,(H,4,5). The van der Waals surface area contributed by atoms with Gasteiger partial charge in [0, 0.05) is 50.4 Å². The minimum absolute atomic E-state index is 0.0136. The number of hydrogen-bond acceptors (Lipinski definition) is 14. The molecule has 4 atom stereocenters. The van der Waals surface area contributed by atoms with Crippen LogP contribution >= 0.6 is 0 Å². The summed E-state index contributed by atoms with van der Waals surface area (Å²) in [7, 11) is -4.16. The molecule has 0 bridgehead atoms. The first kappa shape index (κ1) is 75.8. The van der Waals surface area contributed by atoms with Crippen molar-refractivity contribution in [3.05, 3.63) is 65.2 Å². The van der Waals surface area contributed by atoms with Crippen molar-refractivity contribution in [1.82, 2.24) is 36.0 Å². The van der Waals surface area contributed by atoms with E-state index in [2.05, 4.69) is 65.0 Å². The van der Waals surface area contributed by atoms with E-state index in [-0.39, 0.29) is 55.9 Å². The molecule has 1 aliphatic heterocycles. The summed E-state index contributed by atoms with van der Waals surface area (Å²) < 4.78 is 38.5. The van der Waals surface area contributed by atoms with Gasteiger partial charge in [-0.3, -0.25) is 48.2 Å². The summed E-state index contributed by atoms with van der Waals surface area (Å²) in [6, 6.07) is 10.4. The maximum absolute atomic E-state index is 13.4. The van der Waals surface area contributed by atoms with Crippen LogP contribution in [0.4, 0.5) is 3.89 Å². The van der Waals surface area contributed by atoms with E-state index in [1.165, 1.54) is 30.7 Å². The molecule has 25 heteroatoms. The molecule has 5 amide bonds. The Hall–Kier alpha value is -6.18. The number of carboxylic acid groups (broad SMARTS) is 3. The molecule has 8 N–H and O–H groups in total. The quantitative estimate of drug-likeness (QED) is 0.0218. The van der Waals surface area contributed by atoms with E-state index >= 15 is 0 Å². The number of halogens is 1. The molecule has 1 radical (unpaired) electrons. The summed E-state index contributed by atoms with van der Waals surface area (Å²) in [5.74, 6) is -3.63. The zero-order valence-corrected chi connectivity index (χ0v) is 50.4. The average Bonchev–Trinajstić information content (AvgIpc) is 3.98. The number of hydrogen-bond donors (Lipinski definition) is 8. The van der Waals surface area contributed by atoms with Crippen molar-refractivity contribution in [2.24, 2.45) is 5.92 Å². The van der Waals surface area contributed by atoms with Gasteiger partial charge >= 0.3 is 35.9 Å². The van der Waals surface area contributed by atoms with Gasteiger partial charge < -0.3 is 50.7 Å². The van der Waals surface area contributed by atoms with Crippen molar-refractivity contribution in [3.63, 3.8) is 0 Å². The number of carboxylic acids is 3. The van der Waals surface area contributed by atoms with Gasteiger partial charge in [0.15, 0.2) is 0 Å². The molecule has 22 nitrogen and oxygen atoms in total. The van der Waals surface area contributed by atoms with Crippen LogP contribution in [-0.4, -0.2) is 169 Å². The molecule has 2 aromatic rings. The topological polar surface area (TPSA) is 319 Å². The molecular formula is C57H94BFN7O15S. The maximum Gasteiger partial charge on any atom is 0.488 e. The van der Waals surface area contributed by atoms with Crippen LogP contribution in [0.1, 0.15) is 173 Å². The monoisotopic (exact) mass is 1180 g/mol. The van der Waals surface area contributed by atoms with Crippen LogP contribution in [0, 0.1) is 5.92 Å². The fourth-order valence-corrected chi connectivity index (χ4v) is 8.43. The zero-order chi connectivity index (χ0) is 62.0. The van der Waals surface area contributed by atoms with E-state index in [1.54, 1.807) is 43.0 Å². The number of nitrogens with zero attached hydrogens (tertiary/aromatic N) is 3. The van der Waals surface area contributed by atoms with Gasteiger partial charge in [0.25, 0.3) is 5.91 Å². The van der Waals surface area contributed by atoms with Crippen LogP contribution in [0.5, 0.6) is 5.75 Å². The molecule has 0 saturated carbocycles. The van der Waals surface area contributed by atoms with Gasteiger partial charge in [-0.1, -0.05) is 89.5 Å². The van der Waals surface area contributed by atoms with Crippen LogP contribution < -0.4 is 25.5 Å². The largest absolute Gasteiger partial charge is 0.488 e. The van der Waals surface area contributed by atoms with Crippen LogP contribution in [0.3, 0.4) is 0 Å². The summed E-state index contributed by atoms with van der Waals surface area (Å²) in [6.07, 6.45) is 10.6. The van der Waals surface area contributed by atoms with E-state index < -0.39 is 58.2 Å². The molecule has 463 valence electrons. The molecular weight excluding hydrogens is 1080 g/mol. The summed E-state index contributed by atoms with van der Waals surface area (Å²) in [6.45, 7) is 20.8. The Labute approximate surface area is 486 Å². The van der Waals surface area contributed by atoms with Crippen molar-refractivity contribution in [3.8, 4) is 5.75 Å². The lowest BCUT2D eigenvalue weighted by Crippen LogP contribution is -2.49. The number of aryl methyl sites for hydroxylation is 1. The van der Waals surface area contributed by atoms with Gasteiger partial charge in [-0.05, 0) is 145 Å². The number of carbonyl (C=O) groups excluding carboxylic acids is 5. The molecule has 82 heavy (non-hydrogen) atoms. The molecule has 1 aliphatic rings. The van der Waals surface area contributed by atoms with Crippen LogP contribution in [-0.2, 0) is 57.0 Å². The van der Waals surface area contributed by atoms with Gasteiger partial charge in [0.1, 0.15) is 17.8 Å². The van der Waals surface area contributed by atoms with Crippen molar-refractivity contribution in [2.75, 3.05) is 52.4 Å². The Kier molecular flexibility index (Phi) is 41.1. The average molecular weight is 1180 g/mol. The highest BCUT2D eigenvalue weighted by Crippen LogP contribution is 2.18. The summed E-state index contributed by atoms with van der Waals surface area (Å²) in [5.41, 5.74) is 1.68. The van der Waals surface area contributed by atoms with Crippen molar-refractivity contribution in [2.45, 2.75) is 183 Å². The first-order chi connectivity index (χ1) is 38.9. The van der Waals surface area contributed by atoms with E-state index in [9.17, 15) is 55.7 Å². The summed E-state index contributed by atoms with van der Waals surface area (Å²) >= 11 is 0. The Bertz CT molecular complexity index is 2300. The van der Waals surface area contributed by atoms with Crippen LogP contribution in [0.15, 0.2) is 48.5 Å². The zero-order valence-electron chi connectivity index (χ0n) is 49.6. The molecule has 3 rings (SSSR count). The normalized spacial score (nSPS) is 13.8. The van der Waals surface area contributed by atoms with E-state index in [0.29, 0.717) is 74.3 Å². The Morgan fingerprint density at radius 1 is 0.707 bits per heavy atom. The van der Waals surface area contributed by atoms with E-state index in [1.807, 2.05) is 11.8 Å². The summed E-state index contributed by atoms with van der Waals surface area (Å²) in [4.78, 5) is 99.9. The van der Waals surface area contributed by atoms with E-state index in [0.717, 1.165) is 78.6 Å². The van der Waals surface area contributed by atoms with Crippen molar-refractivity contribution < 1.29 is 75.2 Å². The van der Waals surface area contributed by atoms with E-state index in [4.69, 9.17) is 15.3 Å². The van der Waals surface area contributed by atoms with Crippen molar-refractivity contribution >= 4 is 65.4 Å². The second kappa shape index (κ2) is 44.4. The predicted octanol–water partition coefficient (Wildman–Crippen LogP) is 6.06. The number of nitrogens with one attached hydrogen (secondary N) is 4. The number of likely N-dealkylation sites (tertiary alicyclic amines) is 1. The minimum atomic E-state index is -5.16. The number of benzene rings is 2. The molecule has 0 aromatic heterocycles. The molecule has 2 aromatic carbocycles. The van der Waals surface area contributed by atoms with Gasteiger partial charge in [0.05, 0.1) is 13.1 Å². The van der Waals surface area contributed by atoms with Crippen LogP contribution in [0.2, 0.25) is 0 Å². The van der Waals surface area contributed by atoms with Gasteiger partial charge in [-0.15, -0.1) is 0 Å². The second-order valence-electron chi connectivity index (χ2n) is 20.1. The van der Waals surface area contributed by atoms with Gasteiger partial charge in [-0.2, -0.15) is 8.42 Å². The first-order valence-electron chi connectivity index (χ1n) is 28.7. The maximum atomic E-state index is 13.4. The number of carbonyl (C=O) groups is 8. The van der Waals surface area contributed by atoms with Gasteiger partial charge in [-0.25, -0.2) is 0 Å². The summed E-state index contributed by atoms with van der Waals surface area (Å²) in [5, 5.41) is 45.2. The predicted molar refractivity (Wildman–Crippen MR) is 313 cm³/mol. The molecule has 0 aliphatic carbocycles. The lowest BCUT2D eigenvalue weighted by atomic mass is 9.86. The highest BCUT2D eigenvalue weighted by Gasteiger charge is 2.32. The van der Waals surface area contributed by atoms with Gasteiger partial charge in [0.2, 0.25) is 23.6 Å². The number of amides is 5. The number of unbranched alkanes of at least 4 members (excludes halogenated alkanes) is 2. The fraction of sp³-hybridized carbons (Fsp3) is 0.649. The van der Waals surface area contributed by atoms with Crippen molar-refractivity contribution in [1.29, 1.82) is 0 Å². The SMILES string of the molecule is CCC(=O)O.CCCCC(=O)O.CCCN(CCC(C)CC)CC(=O)O.CCCN(CCC)CC(=O)NCCCCC(NC(=O)CCc1ccc(OS(=O)(=O)F)cc1)C(=O)NCc1ccc(C(=O)NC(C)C(=O)N2CCCC2[B]O)cc1. The molecule has 1 fully saturated rings. The smallest absolute Gasteiger partial charge is 0.481 e. The third-order valence-electron chi connectivity index (χ3n) is 12.8. The highest BCUT2D eigenvalue weighted by atomic mass is 32.3. The lowest BCUT2D eigenvalue weighted by Gasteiger charge is -2.26. The minimum Gasteiger partial charge on any atom is -0.481 e. The Morgan fingerprint density at radius 3 is 1.79 bits per heavy atom. The second-order valence-corrected chi connectivity index (χ2v) is 21.0. The number of rotatable bonds is 36. The third-order valence-corrected chi connectivity index (χ3v) is 13.2. The number of aliphatic carboxylic acids is 3.